The Balaban J connectivity index is 2.46. The number of phenols is 1. The van der Waals surface area contributed by atoms with Crippen molar-refractivity contribution < 1.29 is 9.90 Å². The number of carbonyl (C=O) groups excluding carboxylic acids is 1. The molecule has 0 unspecified atom stereocenters. The molecule has 0 saturated heterocycles. The van der Waals surface area contributed by atoms with Gasteiger partial charge in [-0.1, -0.05) is 27.7 Å². The van der Waals surface area contributed by atoms with Gasteiger partial charge < -0.3 is 5.11 Å². The molecule has 0 atom stereocenters. The maximum absolute atomic E-state index is 10.9. The molecule has 2 rings (SSSR count). The molecule has 1 amide bonds. The molecule has 1 N–H and O–H groups in total. The first-order valence-electron chi connectivity index (χ1n) is 3.90. The van der Waals surface area contributed by atoms with E-state index in [4.69, 9.17) is 0 Å². The Hall–Kier alpha value is -0.810. The summed E-state index contributed by atoms with van der Waals surface area (Å²) in [5.74, 6) is 0.361. The largest absolute Gasteiger partial charge is 0.507 e. The number of phenolic OH excluding ortho intramolecular Hbond substituents is 1. The maximum Gasteiger partial charge on any atom is 0.257 e. The fraction of sp³-hybridized carbons (Fsp3) is 0.111. The molecule has 5 heteroatoms. The van der Waals surface area contributed by atoms with E-state index in [1.54, 1.807) is 18.2 Å². The van der Waals surface area contributed by atoms with Crippen molar-refractivity contribution in [1.82, 2.24) is 0 Å². The first-order chi connectivity index (χ1) is 6.66. The molecule has 72 valence electrons. The third-order valence-corrected chi connectivity index (χ3v) is 3.22. The number of aliphatic imine (C=N–C) groups is 1. The van der Waals surface area contributed by atoms with Crippen LogP contribution in [0.3, 0.4) is 0 Å². The third kappa shape index (κ3) is 1.83. The molecule has 0 aliphatic carbocycles. The monoisotopic (exact) mass is 271 g/mol. The van der Waals surface area contributed by atoms with Crippen LogP contribution >= 0.6 is 27.7 Å². The first kappa shape index (κ1) is 9.73. The minimum absolute atomic E-state index is 0.147. The molecule has 1 aliphatic heterocycles. The zero-order chi connectivity index (χ0) is 10.1. The van der Waals surface area contributed by atoms with Crippen LogP contribution in [-0.4, -0.2) is 21.8 Å². The molecule has 1 heterocycles. The quantitative estimate of drug-likeness (QED) is 0.852. The number of hydrogen-bond acceptors (Lipinski definition) is 3. The van der Waals surface area contributed by atoms with E-state index in [-0.39, 0.29) is 11.7 Å². The number of halogens is 1. The van der Waals surface area contributed by atoms with Gasteiger partial charge in [-0.2, -0.15) is 0 Å². The van der Waals surface area contributed by atoms with Crippen molar-refractivity contribution in [3.05, 3.63) is 28.2 Å². The lowest BCUT2D eigenvalue weighted by Crippen LogP contribution is -1.92. The Morgan fingerprint density at radius 2 is 2.29 bits per heavy atom. The fourth-order valence-corrected chi connectivity index (χ4v) is 2.30. The van der Waals surface area contributed by atoms with Crippen LogP contribution in [-0.2, 0) is 4.79 Å². The molecule has 0 aromatic heterocycles. The van der Waals surface area contributed by atoms with Gasteiger partial charge in [0.25, 0.3) is 5.91 Å². The summed E-state index contributed by atoms with van der Waals surface area (Å²) in [6.07, 6.45) is 0. The average molecular weight is 272 g/mol. The van der Waals surface area contributed by atoms with Crippen molar-refractivity contribution in [2.75, 3.05) is 5.75 Å². The van der Waals surface area contributed by atoms with Gasteiger partial charge in [0.2, 0.25) is 0 Å². The van der Waals surface area contributed by atoms with E-state index in [1.807, 2.05) is 0 Å². The maximum atomic E-state index is 10.9. The van der Waals surface area contributed by atoms with Crippen LogP contribution < -0.4 is 0 Å². The molecule has 0 radical (unpaired) electrons. The lowest BCUT2D eigenvalue weighted by molar-refractivity contribution is -0.115. The lowest BCUT2D eigenvalue weighted by atomic mass is 10.2. The van der Waals surface area contributed by atoms with Gasteiger partial charge in [-0.15, -0.1) is 0 Å². The predicted octanol–water partition coefficient (Wildman–Crippen LogP) is 2.17. The number of nitrogens with zero attached hydrogens (tertiary/aromatic N) is 1. The number of aromatic hydroxyl groups is 1. The number of hydrogen-bond donors (Lipinski definition) is 1. The molecule has 0 fully saturated rings. The van der Waals surface area contributed by atoms with E-state index in [0.717, 1.165) is 4.47 Å². The standard InChI is InChI=1S/C9H6BrNO2S/c10-5-1-2-7(12)6(3-5)9-11-8(13)4-14-9/h1-3,12H,4H2. The van der Waals surface area contributed by atoms with Crippen molar-refractivity contribution in [3.63, 3.8) is 0 Å². The minimum Gasteiger partial charge on any atom is -0.507 e. The van der Waals surface area contributed by atoms with Gasteiger partial charge in [0, 0.05) is 10.0 Å². The summed E-state index contributed by atoms with van der Waals surface area (Å²) in [4.78, 5) is 14.7. The summed E-state index contributed by atoms with van der Waals surface area (Å²) in [7, 11) is 0. The van der Waals surface area contributed by atoms with E-state index < -0.39 is 0 Å². The van der Waals surface area contributed by atoms with E-state index in [2.05, 4.69) is 20.9 Å². The smallest absolute Gasteiger partial charge is 0.257 e. The van der Waals surface area contributed by atoms with Crippen molar-refractivity contribution in [2.45, 2.75) is 0 Å². The minimum atomic E-state index is -0.149. The normalized spacial score (nSPS) is 15.8. The van der Waals surface area contributed by atoms with Gasteiger partial charge >= 0.3 is 0 Å². The van der Waals surface area contributed by atoms with Crippen molar-refractivity contribution in [1.29, 1.82) is 0 Å². The molecule has 1 aromatic rings. The molecule has 3 nitrogen and oxygen atoms in total. The average Bonchev–Trinajstić information content (AvgIpc) is 2.56. The number of amides is 1. The zero-order valence-corrected chi connectivity index (χ0v) is 9.43. The Kier molecular flexibility index (Phi) is 2.60. The SMILES string of the molecule is O=C1CSC(c2cc(Br)ccc2O)=N1. The van der Waals surface area contributed by atoms with E-state index in [9.17, 15) is 9.90 Å². The summed E-state index contributed by atoms with van der Waals surface area (Å²) in [6.45, 7) is 0. The first-order valence-corrected chi connectivity index (χ1v) is 5.68. The van der Waals surface area contributed by atoms with Crippen molar-refractivity contribution in [3.8, 4) is 5.75 Å². The highest BCUT2D eigenvalue weighted by Gasteiger charge is 2.18. The Labute approximate surface area is 93.4 Å². The highest BCUT2D eigenvalue weighted by Crippen LogP contribution is 2.28. The highest BCUT2D eigenvalue weighted by atomic mass is 79.9. The summed E-state index contributed by atoms with van der Waals surface area (Å²) in [5, 5.41) is 10.1. The zero-order valence-electron chi connectivity index (χ0n) is 7.03. The number of carbonyl (C=O) groups is 1. The Morgan fingerprint density at radius 3 is 2.93 bits per heavy atom. The summed E-state index contributed by atoms with van der Waals surface area (Å²) in [5.41, 5.74) is 0.607. The van der Waals surface area contributed by atoms with Crippen LogP contribution in [0, 0.1) is 0 Å². The lowest BCUT2D eigenvalue weighted by Gasteiger charge is -2.02. The van der Waals surface area contributed by atoms with Gasteiger partial charge in [0.15, 0.2) is 0 Å². The van der Waals surface area contributed by atoms with Crippen LogP contribution in [0.25, 0.3) is 0 Å². The number of rotatable bonds is 1. The van der Waals surface area contributed by atoms with Gasteiger partial charge in [-0.25, -0.2) is 4.99 Å². The fourth-order valence-electron chi connectivity index (χ4n) is 1.13. The summed E-state index contributed by atoms with van der Waals surface area (Å²) >= 11 is 4.64. The summed E-state index contributed by atoms with van der Waals surface area (Å²) in [6, 6.07) is 5.06. The van der Waals surface area contributed by atoms with Gasteiger partial charge in [0.05, 0.1) is 5.75 Å². The second kappa shape index (κ2) is 3.74. The number of thioether (sulfide) groups is 1. The predicted molar refractivity (Wildman–Crippen MR) is 59.8 cm³/mol. The van der Waals surface area contributed by atoms with Crippen LogP contribution in [0.15, 0.2) is 27.7 Å². The Bertz CT molecular complexity index is 431. The van der Waals surface area contributed by atoms with Crippen molar-refractivity contribution in [2.24, 2.45) is 4.99 Å². The van der Waals surface area contributed by atoms with Gasteiger partial charge in [-0.3, -0.25) is 4.79 Å². The Morgan fingerprint density at radius 1 is 1.50 bits per heavy atom. The molecule has 0 spiro atoms. The molecular weight excluding hydrogens is 266 g/mol. The van der Waals surface area contributed by atoms with Crippen LogP contribution in [0.5, 0.6) is 5.75 Å². The van der Waals surface area contributed by atoms with E-state index >= 15 is 0 Å². The van der Waals surface area contributed by atoms with Crippen LogP contribution in [0.2, 0.25) is 0 Å². The van der Waals surface area contributed by atoms with E-state index in [1.165, 1.54) is 11.8 Å². The third-order valence-electron chi connectivity index (χ3n) is 1.75. The topological polar surface area (TPSA) is 49.7 Å². The van der Waals surface area contributed by atoms with E-state index in [0.29, 0.717) is 16.4 Å². The van der Waals surface area contributed by atoms with Crippen LogP contribution in [0.4, 0.5) is 0 Å². The second-order valence-corrected chi connectivity index (χ2v) is 4.64. The second-order valence-electron chi connectivity index (χ2n) is 2.76. The highest BCUT2D eigenvalue weighted by molar-refractivity contribution is 9.10. The molecule has 14 heavy (non-hydrogen) atoms. The molecule has 0 bridgehead atoms. The number of benzene rings is 1. The molecule has 1 aromatic carbocycles. The summed E-state index contributed by atoms with van der Waals surface area (Å²) < 4.78 is 0.855. The van der Waals surface area contributed by atoms with Gasteiger partial charge in [0.1, 0.15) is 10.8 Å². The van der Waals surface area contributed by atoms with Crippen LogP contribution in [0.1, 0.15) is 5.56 Å². The van der Waals surface area contributed by atoms with Gasteiger partial charge in [-0.05, 0) is 18.2 Å². The molecule has 1 aliphatic rings. The molecule has 0 saturated carbocycles. The molecular formula is C9H6BrNO2S. The van der Waals surface area contributed by atoms with Crippen molar-refractivity contribution >= 4 is 38.6 Å².